The number of rotatable bonds is 5. The van der Waals surface area contributed by atoms with Crippen molar-refractivity contribution in [3.8, 4) is 0 Å². The van der Waals surface area contributed by atoms with Crippen molar-refractivity contribution in [3.63, 3.8) is 0 Å². The summed E-state index contributed by atoms with van der Waals surface area (Å²) < 4.78 is 10.8. The summed E-state index contributed by atoms with van der Waals surface area (Å²) in [5.74, 6) is 0.748. The maximum Gasteiger partial charge on any atom is 0.410 e. The lowest BCUT2D eigenvalue weighted by Gasteiger charge is -2.35. The Balaban J connectivity index is 2.19. The summed E-state index contributed by atoms with van der Waals surface area (Å²) in [5.41, 5.74) is -0.417. The summed E-state index contributed by atoms with van der Waals surface area (Å²) in [6.07, 6.45) is 1.82. The van der Waals surface area contributed by atoms with Gasteiger partial charge >= 0.3 is 6.09 Å². The summed E-state index contributed by atoms with van der Waals surface area (Å²) >= 11 is 1.69. The first-order valence-electron chi connectivity index (χ1n) is 6.69. The predicted molar refractivity (Wildman–Crippen MR) is 78.6 cm³/mol. The molecule has 5 nitrogen and oxygen atoms in total. The molecule has 1 aliphatic heterocycles. The van der Waals surface area contributed by atoms with E-state index in [1.807, 2.05) is 27.0 Å². The van der Waals surface area contributed by atoms with Gasteiger partial charge in [0.05, 0.1) is 12.5 Å². The highest BCUT2D eigenvalue weighted by Crippen LogP contribution is 2.11. The monoisotopic (exact) mass is 290 g/mol. The second kappa shape index (κ2) is 7.97. The van der Waals surface area contributed by atoms with E-state index < -0.39 is 5.60 Å². The number of carbonyl (C=O) groups excluding carboxylic acids is 1. The summed E-state index contributed by atoms with van der Waals surface area (Å²) in [6, 6.07) is 0. The molecule has 0 saturated carbocycles. The molecule has 112 valence electrons. The third kappa shape index (κ3) is 7.03. The van der Waals surface area contributed by atoms with Gasteiger partial charge in [0, 0.05) is 32.7 Å². The van der Waals surface area contributed by atoms with E-state index >= 15 is 0 Å². The molecule has 1 fully saturated rings. The SMILES string of the molecule is CSCOCCN1CCN(C(=O)OC(C)(C)C)CC1. The van der Waals surface area contributed by atoms with Crippen molar-refractivity contribution in [2.75, 3.05) is 51.5 Å². The normalized spacial score (nSPS) is 17.6. The quantitative estimate of drug-likeness (QED) is 0.571. The van der Waals surface area contributed by atoms with E-state index in [1.54, 1.807) is 16.7 Å². The lowest BCUT2D eigenvalue weighted by Crippen LogP contribution is -2.50. The van der Waals surface area contributed by atoms with Crippen LogP contribution in [0.5, 0.6) is 0 Å². The standard InChI is InChI=1S/C13H26N2O3S/c1-13(2,3)18-12(16)15-7-5-14(6-8-15)9-10-17-11-19-4/h5-11H2,1-4H3. The van der Waals surface area contributed by atoms with Crippen LogP contribution in [0.15, 0.2) is 0 Å². The van der Waals surface area contributed by atoms with E-state index in [0.29, 0.717) is 0 Å². The predicted octanol–water partition coefficient (Wildman–Crippen LogP) is 1.88. The Morgan fingerprint density at radius 2 is 1.84 bits per heavy atom. The summed E-state index contributed by atoms with van der Waals surface area (Å²) in [5, 5.41) is 0. The lowest BCUT2D eigenvalue weighted by atomic mass is 10.2. The molecule has 1 saturated heterocycles. The van der Waals surface area contributed by atoms with Gasteiger partial charge in [-0.25, -0.2) is 4.79 Å². The number of thioether (sulfide) groups is 1. The molecule has 0 atom stereocenters. The highest BCUT2D eigenvalue weighted by molar-refractivity contribution is 7.98. The van der Waals surface area contributed by atoms with Crippen molar-refractivity contribution >= 4 is 17.9 Å². The molecule has 19 heavy (non-hydrogen) atoms. The number of hydrogen-bond acceptors (Lipinski definition) is 5. The largest absolute Gasteiger partial charge is 0.444 e. The molecular formula is C13H26N2O3S. The Labute approximate surface area is 120 Å². The Morgan fingerprint density at radius 3 is 2.37 bits per heavy atom. The summed E-state index contributed by atoms with van der Waals surface area (Å²) in [7, 11) is 0. The number of amides is 1. The molecule has 0 bridgehead atoms. The number of hydrogen-bond donors (Lipinski definition) is 0. The average molecular weight is 290 g/mol. The molecule has 1 heterocycles. The van der Waals surface area contributed by atoms with Crippen LogP contribution in [-0.4, -0.2) is 73.0 Å². The molecular weight excluding hydrogens is 264 g/mol. The van der Waals surface area contributed by atoms with E-state index in [0.717, 1.165) is 45.3 Å². The van der Waals surface area contributed by atoms with Gasteiger partial charge in [0.15, 0.2) is 0 Å². The van der Waals surface area contributed by atoms with Crippen LogP contribution < -0.4 is 0 Å². The molecule has 0 radical (unpaired) electrons. The maximum absolute atomic E-state index is 11.9. The van der Waals surface area contributed by atoms with Crippen LogP contribution in [0.3, 0.4) is 0 Å². The Kier molecular flexibility index (Phi) is 6.96. The van der Waals surface area contributed by atoms with E-state index in [1.165, 1.54) is 0 Å². The molecule has 6 heteroatoms. The lowest BCUT2D eigenvalue weighted by molar-refractivity contribution is 0.0125. The molecule has 0 spiro atoms. The fourth-order valence-corrected chi connectivity index (χ4v) is 2.10. The van der Waals surface area contributed by atoms with Crippen LogP contribution in [0.1, 0.15) is 20.8 Å². The third-order valence-electron chi connectivity index (χ3n) is 2.78. The molecule has 1 aliphatic rings. The molecule has 0 aliphatic carbocycles. The zero-order chi connectivity index (χ0) is 14.3. The fourth-order valence-electron chi connectivity index (χ4n) is 1.82. The van der Waals surface area contributed by atoms with Crippen molar-refractivity contribution in [2.24, 2.45) is 0 Å². The zero-order valence-corrected chi connectivity index (χ0v) is 13.3. The second-order valence-corrected chi connectivity index (χ2v) is 6.44. The molecule has 0 aromatic heterocycles. The first-order valence-corrected chi connectivity index (χ1v) is 8.09. The van der Waals surface area contributed by atoms with Crippen molar-refractivity contribution < 1.29 is 14.3 Å². The highest BCUT2D eigenvalue weighted by atomic mass is 32.2. The molecule has 0 unspecified atom stereocenters. The minimum Gasteiger partial charge on any atom is -0.444 e. The third-order valence-corrected chi connectivity index (χ3v) is 3.18. The van der Waals surface area contributed by atoms with E-state index in [2.05, 4.69) is 4.90 Å². The van der Waals surface area contributed by atoms with Crippen LogP contribution in [0, 0.1) is 0 Å². The van der Waals surface area contributed by atoms with Crippen molar-refractivity contribution in [3.05, 3.63) is 0 Å². The zero-order valence-electron chi connectivity index (χ0n) is 12.5. The van der Waals surface area contributed by atoms with Crippen LogP contribution in [-0.2, 0) is 9.47 Å². The summed E-state index contributed by atoms with van der Waals surface area (Å²) in [4.78, 5) is 16.0. The molecule has 0 aromatic rings. The van der Waals surface area contributed by atoms with Crippen molar-refractivity contribution in [2.45, 2.75) is 26.4 Å². The highest BCUT2D eigenvalue weighted by Gasteiger charge is 2.25. The molecule has 0 aromatic carbocycles. The maximum atomic E-state index is 11.9. The Hall–Kier alpha value is -0.460. The van der Waals surface area contributed by atoms with Gasteiger partial charge in [-0.3, -0.25) is 4.90 Å². The minimum absolute atomic E-state index is 0.203. The first kappa shape index (κ1) is 16.6. The fraction of sp³-hybridized carbons (Fsp3) is 0.923. The Bertz CT molecular complexity index is 274. The number of ether oxygens (including phenoxy) is 2. The van der Waals surface area contributed by atoms with Crippen LogP contribution >= 0.6 is 11.8 Å². The summed E-state index contributed by atoms with van der Waals surface area (Å²) in [6.45, 7) is 10.6. The number of carbonyl (C=O) groups is 1. The van der Waals surface area contributed by atoms with Gasteiger partial charge < -0.3 is 14.4 Å². The van der Waals surface area contributed by atoms with Gasteiger partial charge in [0.25, 0.3) is 0 Å². The first-order chi connectivity index (χ1) is 8.92. The van der Waals surface area contributed by atoms with Crippen LogP contribution in [0.2, 0.25) is 0 Å². The van der Waals surface area contributed by atoms with Gasteiger partial charge in [-0.2, -0.15) is 0 Å². The molecule has 1 rings (SSSR count). The van der Waals surface area contributed by atoms with Gasteiger partial charge in [-0.05, 0) is 27.0 Å². The topological polar surface area (TPSA) is 42.0 Å². The molecule has 1 amide bonds. The van der Waals surface area contributed by atoms with E-state index in [4.69, 9.17) is 9.47 Å². The van der Waals surface area contributed by atoms with Crippen LogP contribution in [0.4, 0.5) is 4.79 Å². The van der Waals surface area contributed by atoms with Crippen LogP contribution in [0.25, 0.3) is 0 Å². The number of nitrogens with zero attached hydrogens (tertiary/aromatic N) is 2. The van der Waals surface area contributed by atoms with E-state index in [9.17, 15) is 4.79 Å². The van der Waals surface area contributed by atoms with Gasteiger partial charge in [0.2, 0.25) is 0 Å². The van der Waals surface area contributed by atoms with Crippen molar-refractivity contribution in [1.82, 2.24) is 9.80 Å². The smallest absolute Gasteiger partial charge is 0.410 e. The van der Waals surface area contributed by atoms with E-state index in [-0.39, 0.29) is 6.09 Å². The molecule has 0 N–H and O–H groups in total. The van der Waals surface area contributed by atoms with Gasteiger partial charge in [-0.15, -0.1) is 11.8 Å². The van der Waals surface area contributed by atoms with Crippen molar-refractivity contribution in [1.29, 1.82) is 0 Å². The second-order valence-electron chi connectivity index (χ2n) is 5.62. The minimum atomic E-state index is -0.417. The van der Waals surface area contributed by atoms with Gasteiger partial charge in [0.1, 0.15) is 5.60 Å². The van der Waals surface area contributed by atoms with Gasteiger partial charge in [-0.1, -0.05) is 0 Å². The average Bonchev–Trinajstić information content (AvgIpc) is 2.33. The Morgan fingerprint density at radius 1 is 1.21 bits per heavy atom. The number of piperazine rings is 1.